The quantitative estimate of drug-likeness (QED) is 0.568. The van der Waals surface area contributed by atoms with Crippen molar-refractivity contribution < 1.29 is 23.8 Å². The summed E-state index contributed by atoms with van der Waals surface area (Å²) >= 11 is 0. The van der Waals surface area contributed by atoms with Gasteiger partial charge in [-0.2, -0.15) is 0 Å². The lowest BCUT2D eigenvalue weighted by molar-refractivity contribution is -0.153. The highest BCUT2D eigenvalue weighted by Gasteiger charge is 2.40. The number of benzene rings is 1. The van der Waals surface area contributed by atoms with E-state index >= 15 is 0 Å². The van der Waals surface area contributed by atoms with E-state index in [9.17, 15) is 9.59 Å². The summed E-state index contributed by atoms with van der Waals surface area (Å²) in [6.07, 6.45) is 6.81. The third kappa shape index (κ3) is 4.18. The summed E-state index contributed by atoms with van der Waals surface area (Å²) in [7, 11) is 3.18. The fourth-order valence-corrected chi connectivity index (χ4v) is 3.73. The highest BCUT2D eigenvalue weighted by atomic mass is 16.5. The average molecular weight is 359 g/mol. The summed E-state index contributed by atoms with van der Waals surface area (Å²) in [5.74, 6) is 1.51. The highest BCUT2D eigenvalue weighted by molar-refractivity contribution is 5.81. The molecule has 2 aliphatic carbocycles. The van der Waals surface area contributed by atoms with E-state index in [1.54, 1.807) is 14.2 Å². The number of hydrogen-bond donors (Lipinski definition) is 1. The smallest absolute Gasteiger partial charge is 0.310 e. The van der Waals surface area contributed by atoms with E-state index < -0.39 is 0 Å². The number of fused-ring (bicyclic) bond motifs is 2. The molecule has 0 aliphatic heterocycles. The van der Waals surface area contributed by atoms with Crippen LogP contribution in [-0.4, -0.2) is 39.2 Å². The molecule has 0 radical (unpaired) electrons. The third-order valence-electron chi connectivity index (χ3n) is 5.11. The standard InChI is InChI=1S/C20H25NO5/c1-24-17-6-4-13(11-18(17)25-2)7-8-21-19(22)12-26-20(23)16-10-14-3-5-15(16)9-14/h3-6,11,14-16H,7-10,12H2,1-2H3,(H,21,22)/t14-,15-,16+/m0/s1. The van der Waals surface area contributed by atoms with Crippen molar-refractivity contribution in [1.82, 2.24) is 5.32 Å². The molecule has 0 saturated heterocycles. The van der Waals surface area contributed by atoms with Gasteiger partial charge in [-0.3, -0.25) is 9.59 Å². The number of carbonyl (C=O) groups is 2. The molecule has 1 amide bonds. The lowest BCUT2D eigenvalue weighted by atomic mass is 9.94. The van der Waals surface area contributed by atoms with Crippen LogP contribution in [0.15, 0.2) is 30.4 Å². The Balaban J connectivity index is 1.38. The Kier molecular flexibility index (Phi) is 5.81. The first-order valence-corrected chi connectivity index (χ1v) is 8.93. The van der Waals surface area contributed by atoms with Crippen LogP contribution >= 0.6 is 0 Å². The van der Waals surface area contributed by atoms with Gasteiger partial charge in [0.15, 0.2) is 18.1 Å². The van der Waals surface area contributed by atoms with Crippen LogP contribution in [0.25, 0.3) is 0 Å². The molecular formula is C20H25NO5. The molecular weight excluding hydrogens is 334 g/mol. The lowest BCUT2D eigenvalue weighted by Gasteiger charge is -2.16. The summed E-state index contributed by atoms with van der Waals surface area (Å²) in [5, 5.41) is 2.77. The van der Waals surface area contributed by atoms with Crippen molar-refractivity contribution in [2.45, 2.75) is 19.3 Å². The predicted molar refractivity (Wildman–Crippen MR) is 96.1 cm³/mol. The molecule has 2 aliphatic rings. The van der Waals surface area contributed by atoms with Crippen molar-refractivity contribution >= 4 is 11.9 Å². The molecule has 0 spiro atoms. The highest BCUT2D eigenvalue weighted by Crippen LogP contribution is 2.43. The lowest BCUT2D eigenvalue weighted by Crippen LogP contribution is -2.32. The molecule has 0 aromatic heterocycles. The van der Waals surface area contributed by atoms with Crippen molar-refractivity contribution in [3.63, 3.8) is 0 Å². The van der Waals surface area contributed by atoms with E-state index in [1.807, 2.05) is 18.2 Å². The van der Waals surface area contributed by atoms with Gasteiger partial charge in [-0.05, 0) is 48.8 Å². The molecule has 6 nitrogen and oxygen atoms in total. The second-order valence-corrected chi connectivity index (χ2v) is 6.78. The second kappa shape index (κ2) is 8.25. The summed E-state index contributed by atoms with van der Waals surface area (Å²) in [5.41, 5.74) is 1.02. The molecule has 2 bridgehead atoms. The van der Waals surface area contributed by atoms with Gasteiger partial charge in [0, 0.05) is 6.54 Å². The molecule has 0 unspecified atom stereocenters. The van der Waals surface area contributed by atoms with Crippen LogP contribution in [0.2, 0.25) is 0 Å². The number of rotatable bonds is 8. The van der Waals surface area contributed by atoms with E-state index in [0.717, 1.165) is 18.4 Å². The topological polar surface area (TPSA) is 73.9 Å². The zero-order valence-corrected chi connectivity index (χ0v) is 15.2. The van der Waals surface area contributed by atoms with Crippen LogP contribution in [0, 0.1) is 17.8 Å². The van der Waals surface area contributed by atoms with Gasteiger partial charge in [-0.25, -0.2) is 0 Å². The largest absolute Gasteiger partial charge is 0.493 e. The minimum atomic E-state index is -0.280. The molecule has 1 aromatic rings. The van der Waals surface area contributed by atoms with Crippen molar-refractivity contribution in [2.24, 2.45) is 17.8 Å². The first-order chi connectivity index (χ1) is 12.6. The Bertz CT molecular complexity index is 699. The van der Waals surface area contributed by atoms with Crippen molar-refractivity contribution in [1.29, 1.82) is 0 Å². The Morgan fingerprint density at radius 3 is 2.58 bits per heavy atom. The molecule has 6 heteroatoms. The number of nitrogens with one attached hydrogen (secondary N) is 1. The van der Waals surface area contributed by atoms with Gasteiger partial charge in [0.2, 0.25) is 0 Å². The van der Waals surface area contributed by atoms with Gasteiger partial charge in [0.1, 0.15) is 0 Å². The fraction of sp³-hybridized carbons (Fsp3) is 0.500. The van der Waals surface area contributed by atoms with E-state index in [0.29, 0.717) is 36.3 Å². The predicted octanol–water partition coefficient (Wildman–Crippen LogP) is 2.12. The van der Waals surface area contributed by atoms with Crippen molar-refractivity contribution in [2.75, 3.05) is 27.4 Å². The van der Waals surface area contributed by atoms with E-state index in [2.05, 4.69) is 17.5 Å². The summed E-state index contributed by atoms with van der Waals surface area (Å²) in [6, 6.07) is 5.64. The third-order valence-corrected chi connectivity index (χ3v) is 5.11. The number of methoxy groups -OCH3 is 2. The normalized spacial score (nSPS) is 22.9. The molecule has 1 fully saturated rings. The molecule has 1 aromatic carbocycles. The maximum absolute atomic E-state index is 12.1. The SMILES string of the molecule is COc1ccc(CCNC(=O)COC(=O)[C@@H]2C[C@H]3C=C[C@H]2C3)cc1OC. The molecule has 1 N–H and O–H groups in total. The Morgan fingerprint density at radius 1 is 1.12 bits per heavy atom. The van der Waals surface area contributed by atoms with E-state index in [1.165, 1.54) is 0 Å². The Hall–Kier alpha value is -2.50. The molecule has 140 valence electrons. The number of allylic oxidation sites excluding steroid dienone is 2. The molecule has 3 atom stereocenters. The van der Waals surface area contributed by atoms with Crippen LogP contribution in [0.4, 0.5) is 0 Å². The van der Waals surface area contributed by atoms with E-state index in [4.69, 9.17) is 14.2 Å². The first kappa shape index (κ1) is 18.3. The Labute approximate surface area is 153 Å². The zero-order chi connectivity index (χ0) is 18.5. The maximum Gasteiger partial charge on any atom is 0.310 e. The number of carbonyl (C=O) groups excluding carboxylic acids is 2. The number of amides is 1. The maximum atomic E-state index is 12.1. The fourth-order valence-electron chi connectivity index (χ4n) is 3.73. The summed E-state index contributed by atoms with van der Waals surface area (Å²) in [6.45, 7) is 0.241. The monoisotopic (exact) mass is 359 g/mol. The van der Waals surface area contributed by atoms with Gasteiger partial charge in [-0.1, -0.05) is 18.2 Å². The van der Waals surface area contributed by atoms with Crippen molar-refractivity contribution in [3.05, 3.63) is 35.9 Å². The van der Waals surface area contributed by atoms with Crippen LogP contribution < -0.4 is 14.8 Å². The summed E-state index contributed by atoms with van der Waals surface area (Å²) in [4.78, 5) is 24.0. The molecule has 26 heavy (non-hydrogen) atoms. The molecule has 3 rings (SSSR count). The van der Waals surface area contributed by atoms with Gasteiger partial charge in [0.25, 0.3) is 5.91 Å². The second-order valence-electron chi connectivity index (χ2n) is 6.78. The number of ether oxygens (including phenoxy) is 3. The van der Waals surface area contributed by atoms with Gasteiger partial charge < -0.3 is 19.5 Å². The van der Waals surface area contributed by atoms with Gasteiger partial charge >= 0.3 is 5.97 Å². The van der Waals surface area contributed by atoms with E-state index in [-0.39, 0.29) is 24.4 Å². The van der Waals surface area contributed by atoms with Gasteiger partial charge in [0.05, 0.1) is 20.1 Å². The molecule has 1 saturated carbocycles. The summed E-state index contributed by atoms with van der Waals surface area (Å²) < 4.78 is 15.7. The number of hydrogen-bond acceptors (Lipinski definition) is 5. The average Bonchev–Trinajstić information content (AvgIpc) is 3.29. The van der Waals surface area contributed by atoms with Gasteiger partial charge in [-0.15, -0.1) is 0 Å². The van der Waals surface area contributed by atoms with Crippen LogP contribution in [-0.2, 0) is 20.7 Å². The van der Waals surface area contributed by atoms with Crippen LogP contribution in [0.1, 0.15) is 18.4 Å². The minimum Gasteiger partial charge on any atom is -0.493 e. The minimum absolute atomic E-state index is 0.0791. The van der Waals surface area contributed by atoms with Crippen LogP contribution in [0.3, 0.4) is 0 Å². The number of esters is 1. The Morgan fingerprint density at radius 2 is 1.92 bits per heavy atom. The zero-order valence-electron chi connectivity index (χ0n) is 15.2. The van der Waals surface area contributed by atoms with Crippen LogP contribution in [0.5, 0.6) is 11.5 Å². The van der Waals surface area contributed by atoms with Crippen molar-refractivity contribution in [3.8, 4) is 11.5 Å². The first-order valence-electron chi connectivity index (χ1n) is 8.93. The molecule has 0 heterocycles.